The lowest BCUT2D eigenvalue weighted by Gasteiger charge is -2.05. The van der Waals surface area contributed by atoms with Crippen LogP contribution in [-0.4, -0.2) is 16.2 Å². The number of H-pyrrole nitrogens is 1. The minimum absolute atomic E-state index is 0.0804. The van der Waals surface area contributed by atoms with Gasteiger partial charge in [-0.25, -0.2) is 4.39 Å². The van der Waals surface area contributed by atoms with E-state index in [2.05, 4.69) is 10.2 Å². The Kier molecular flexibility index (Phi) is 3.01. The van der Waals surface area contributed by atoms with Gasteiger partial charge in [-0.3, -0.25) is 5.10 Å². The standard InChI is InChI=1S/C12H14FN3/c1-8(14)6-10-7-15-16-12(10)9-2-4-11(13)5-3-9/h2-5,7-8H,6,14H2,1H3,(H,15,16)/t8-/m0/s1. The molecule has 1 aromatic carbocycles. The van der Waals surface area contributed by atoms with E-state index in [-0.39, 0.29) is 11.9 Å². The van der Waals surface area contributed by atoms with E-state index in [0.717, 1.165) is 23.2 Å². The molecule has 0 saturated carbocycles. The van der Waals surface area contributed by atoms with Crippen LogP contribution in [0.15, 0.2) is 30.5 Å². The number of hydrogen-bond donors (Lipinski definition) is 2. The molecule has 1 aromatic heterocycles. The Morgan fingerprint density at radius 2 is 2.06 bits per heavy atom. The third kappa shape index (κ3) is 2.28. The Balaban J connectivity index is 2.33. The smallest absolute Gasteiger partial charge is 0.123 e. The van der Waals surface area contributed by atoms with Crippen molar-refractivity contribution in [2.24, 2.45) is 5.73 Å². The van der Waals surface area contributed by atoms with Crippen LogP contribution in [0.25, 0.3) is 11.3 Å². The number of rotatable bonds is 3. The minimum atomic E-state index is -0.239. The van der Waals surface area contributed by atoms with Gasteiger partial charge in [-0.1, -0.05) is 0 Å². The van der Waals surface area contributed by atoms with Crippen LogP contribution in [-0.2, 0) is 6.42 Å². The summed E-state index contributed by atoms with van der Waals surface area (Å²) in [5.41, 5.74) is 8.65. The van der Waals surface area contributed by atoms with Crippen LogP contribution in [0.3, 0.4) is 0 Å². The molecule has 0 radical (unpaired) electrons. The summed E-state index contributed by atoms with van der Waals surface area (Å²) in [6.07, 6.45) is 2.52. The second kappa shape index (κ2) is 4.45. The fourth-order valence-corrected chi connectivity index (χ4v) is 1.68. The summed E-state index contributed by atoms with van der Waals surface area (Å²) in [6, 6.07) is 6.41. The average Bonchev–Trinajstić information content (AvgIpc) is 2.66. The molecule has 0 spiro atoms. The van der Waals surface area contributed by atoms with Gasteiger partial charge in [0, 0.05) is 11.6 Å². The summed E-state index contributed by atoms with van der Waals surface area (Å²) in [7, 11) is 0. The van der Waals surface area contributed by atoms with Crippen LogP contribution in [0.4, 0.5) is 4.39 Å². The van der Waals surface area contributed by atoms with Gasteiger partial charge >= 0.3 is 0 Å². The maximum atomic E-state index is 12.8. The summed E-state index contributed by atoms with van der Waals surface area (Å²) < 4.78 is 12.8. The highest BCUT2D eigenvalue weighted by Gasteiger charge is 2.09. The van der Waals surface area contributed by atoms with Crippen molar-refractivity contribution >= 4 is 0 Å². The summed E-state index contributed by atoms with van der Waals surface area (Å²) in [4.78, 5) is 0. The first kappa shape index (κ1) is 10.8. The second-order valence-electron chi connectivity index (χ2n) is 3.96. The third-order valence-electron chi connectivity index (χ3n) is 2.39. The first-order chi connectivity index (χ1) is 7.66. The molecule has 0 amide bonds. The molecule has 0 saturated heterocycles. The van der Waals surface area contributed by atoms with Crippen LogP contribution in [0, 0.1) is 5.82 Å². The number of nitrogens with one attached hydrogen (secondary N) is 1. The SMILES string of the molecule is C[C@H](N)Cc1cn[nH]c1-c1ccc(F)cc1. The zero-order valence-corrected chi connectivity index (χ0v) is 9.07. The summed E-state index contributed by atoms with van der Waals surface area (Å²) in [5.74, 6) is -0.239. The number of halogens is 1. The van der Waals surface area contributed by atoms with Crippen LogP contribution >= 0.6 is 0 Å². The molecule has 3 N–H and O–H groups in total. The molecule has 3 nitrogen and oxygen atoms in total. The Morgan fingerprint density at radius 3 is 2.69 bits per heavy atom. The quantitative estimate of drug-likeness (QED) is 0.830. The molecule has 0 bridgehead atoms. The second-order valence-corrected chi connectivity index (χ2v) is 3.96. The topological polar surface area (TPSA) is 54.7 Å². The number of nitrogens with two attached hydrogens (primary N) is 1. The molecule has 1 atom stereocenters. The molecule has 0 aliphatic carbocycles. The summed E-state index contributed by atoms with van der Waals surface area (Å²) in [5, 5.41) is 6.92. The van der Waals surface area contributed by atoms with Crippen molar-refractivity contribution in [3.05, 3.63) is 41.8 Å². The molecule has 84 valence electrons. The lowest BCUT2D eigenvalue weighted by molar-refractivity contribution is 0.628. The fourth-order valence-electron chi connectivity index (χ4n) is 1.68. The van der Waals surface area contributed by atoms with E-state index in [1.807, 2.05) is 6.92 Å². The van der Waals surface area contributed by atoms with Crippen LogP contribution in [0.2, 0.25) is 0 Å². The molecular formula is C12H14FN3. The van der Waals surface area contributed by atoms with Crippen molar-refractivity contribution in [3.63, 3.8) is 0 Å². The molecule has 0 fully saturated rings. The van der Waals surface area contributed by atoms with E-state index < -0.39 is 0 Å². The highest BCUT2D eigenvalue weighted by Crippen LogP contribution is 2.22. The lowest BCUT2D eigenvalue weighted by Crippen LogP contribution is -2.17. The van der Waals surface area contributed by atoms with Gasteiger partial charge in [0.15, 0.2) is 0 Å². The number of aromatic amines is 1. The van der Waals surface area contributed by atoms with Gasteiger partial charge < -0.3 is 5.73 Å². The molecular weight excluding hydrogens is 205 g/mol. The monoisotopic (exact) mass is 219 g/mol. The van der Waals surface area contributed by atoms with E-state index in [0.29, 0.717) is 0 Å². The Morgan fingerprint density at radius 1 is 1.38 bits per heavy atom. The van der Waals surface area contributed by atoms with Crippen molar-refractivity contribution in [2.45, 2.75) is 19.4 Å². The molecule has 4 heteroatoms. The summed E-state index contributed by atoms with van der Waals surface area (Å²) in [6.45, 7) is 1.95. The molecule has 0 unspecified atom stereocenters. The maximum Gasteiger partial charge on any atom is 0.123 e. The molecule has 16 heavy (non-hydrogen) atoms. The lowest BCUT2D eigenvalue weighted by atomic mass is 10.0. The first-order valence-electron chi connectivity index (χ1n) is 5.20. The van der Waals surface area contributed by atoms with Crippen molar-refractivity contribution in [1.82, 2.24) is 10.2 Å². The average molecular weight is 219 g/mol. The van der Waals surface area contributed by atoms with Gasteiger partial charge in [0.05, 0.1) is 11.9 Å². The van der Waals surface area contributed by atoms with Gasteiger partial charge in [0.1, 0.15) is 5.82 Å². The summed E-state index contributed by atoms with van der Waals surface area (Å²) >= 11 is 0. The Bertz CT molecular complexity index is 459. The first-order valence-corrected chi connectivity index (χ1v) is 5.20. The highest BCUT2D eigenvalue weighted by molar-refractivity contribution is 5.62. The maximum absolute atomic E-state index is 12.8. The largest absolute Gasteiger partial charge is 0.328 e. The van der Waals surface area contributed by atoms with Crippen LogP contribution in [0.5, 0.6) is 0 Å². The van der Waals surface area contributed by atoms with Crippen molar-refractivity contribution in [1.29, 1.82) is 0 Å². The Labute approximate surface area is 93.5 Å². The molecule has 2 aromatic rings. The number of nitrogens with zero attached hydrogens (tertiary/aromatic N) is 1. The van der Waals surface area contributed by atoms with Crippen molar-refractivity contribution in [3.8, 4) is 11.3 Å². The van der Waals surface area contributed by atoms with Gasteiger partial charge in [0.2, 0.25) is 0 Å². The zero-order valence-electron chi connectivity index (χ0n) is 9.07. The Hall–Kier alpha value is -1.68. The van der Waals surface area contributed by atoms with E-state index in [4.69, 9.17) is 5.73 Å². The van der Waals surface area contributed by atoms with E-state index >= 15 is 0 Å². The van der Waals surface area contributed by atoms with Gasteiger partial charge in [0.25, 0.3) is 0 Å². The van der Waals surface area contributed by atoms with Crippen LogP contribution < -0.4 is 5.73 Å². The predicted octanol–water partition coefficient (Wildman–Crippen LogP) is 2.11. The van der Waals surface area contributed by atoms with Crippen molar-refractivity contribution < 1.29 is 4.39 Å². The third-order valence-corrected chi connectivity index (χ3v) is 2.39. The van der Waals surface area contributed by atoms with Gasteiger partial charge in [-0.05, 0) is 43.2 Å². The van der Waals surface area contributed by atoms with Crippen LogP contribution in [0.1, 0.15) is 12.5 Å². The number of aromatic nitrogens is 2. The molecule has 0 aliphatic rings. The molecule has 0 aliphatic heterocycles. The molecule has 2 rings (SSSR count). The highest BCUT2D eigenvalue weighted by atomic mass is 19.1. The fraction of sp³-hybridized carbons (Fsp3) is 0.250. The zero-order chi connectivity index (χ0) is 11.5. The van der Waals surface area contributed by atoms with Gasteiger partial charge in [-0.15, -0.1) is 0 Å². The molecule has 1 heterocycles. The van der Waals surface area contributed by atoms with Crippen molar-refractivity contribution in [2.75, 3.05) is 0 Å². The number of benzene rings is 1. The van der Waals surface area contributed by atoms with E-state index in [9.17, 15) is 4.39 Å². The van der Waals surface area contributed by atoms with E-state index in [1.165, 1.54) is 12.1 Å². The predicted molar refractivity (Wildman–Crippen MR) is 61.3 cm³/mol. The van der Waals surface area contributed by atoms with Gasteiger partial charge in [-0.2, -0.15) is 5.10 Å². The minimum Gasteiger partial charge on any atom is -0.328 e. The van der Waals surface area contributed by atoms with E-state index in [1.54, 1.807) is 18.3 Å². The number of hydrogen-bond acceptors (Lipinski definition) is 2. The normalized spacial score (nSPS) is 12.7.